The molecule has 0 aliphatic rings. The van der Waals surface area contributed by atoms with Crippen molar-refractivity contribution in [2.24, 2.45) is 0 Å². The molecular weight excluding hydrogens is 283 g/mol. The summed E-state index contributed by atoms with van der Waals surface area (Å²) in [6.07, 6.45) is 1.29. The molecule has 5 heteroatoms. The molecule has 1 aromatic carbocycles. The molecule has 1 aromatic heterocycles. The number of aromatic nitrogens is 2. The van der Waals surface area contributed by atoms with Gasteiger partial charge in [-0.15, -0.1) is 0 Å². The SMILES string of the molecule is CCc1c(Cl)nc(Cc2cccc(OC)c2)nc1Cl. The topological polar surface area (TPSA) is 35.0 Å². The zero-order valence-electron chi connectivity index (χ0n) is 10.8. The van der Waals surface area contributed by atoms with Gasteiger partial charge in [0.25, 0.3) is 0 Å². The van der Waals surface area contributed by atoms with Gasteiger partial charge < -0.3 is 4.74 Å². The van der Waals surface area contributed by atoms with Gasteiger partial charge in [-0.2, -0.15) is 0 Å². The van der Waals surface area contributed by atoms with E-state index < -0.39 is 0 Å². The molecule has 0 atom stereocenters. The molecule has 0 radical (unpaired) electrons. The standard InChI is InChI=1S/C14H14Cl2N2O/c1-3-11-13(15)17-12(18-14(11)16)8-9-5-4-6-10(7-9)19-2/h4-7H,3,8H2,1-2H3. The van der Waals surface area contributed by atoms with E-state index in [1.807, 2.05) is 31.2 Å². The van der Waals surface area contributed by atoms with Crippen LogP contribution in [0.1, 0.15) is 23.9 Å². The van der Waals surface area contributed by atoms with Gasteiger partial charge in [0, 0.05) is 12.0 Å². The van der Waals surface area contributed by atoms with E-state index in [2.05, 4.69) is 9.97 Å². The van der Waals surface area contributed by atoms with E-state index in [0.717, 1.165) is 23.3 Å². The summed E-state index contributed by atoms with van der Waals surface area (Å²) in [6.45, 7) is 1.97. The molecule has 1 heterocycles. The zero-order valence-corrected chi connectivity index (χ0v) is 12.3. The van der Waals surface area contributed by atoms with Crippen LogP contribution in [-0.4, -0.2) is 17.1 Å². The van der Waals surface area contributed by atoms with Crippen molar-refractivity contribution >= 4 is 23.2 Å². The lowest BCUT2D eigenvalue weighted by molar-refractivity contribution is 0.414. The number of hydrogen-bond donors (Lipinski definition) is 0. The zero-order chi connectivity index (χ0) is 13.8. The second-order valence-electron chi connectivity index (χ2n) is 4.08. The van der Waals surface area contributed by atoms with Crippen molar-refractivity contribution < 1.29 is 4.74 Å². The number of rotatable bonds is 4. The normalized spacial score (nSPS) is 10.5. The van der Waals surface area contributed by atoms with Crippen LogP contribution in [-0.2, 0) is 12.8 Å². The van der Waals surface area contributed by atoms with Crippen LogP contribution in [0.15, 0.2) is 24.3 Å². The molecule has 2 rings (SSSR count). The molecule has 0 saturated carbocycles. The quantitative estimate of drug-likeness (QED) is 0.802. The monoisotopic (exact) mass is 296 g/mol. The van der Waals surface area contributed by atoms with Gasteiger partial charge in [0.15, 0.2) is 0 Å². The lowest BCUT2D eigenvalue weighted by atomic mass is 10.1. The Morgan fingerprint density at radius 1 is 1.16 bits per heavy atom. The van der Waals surface area contributed by atoms with Gasteiger partial charge in [0.1, 0.15) is 21.9 Å². The number of hydrogen-bond acceptors (Lipinski definition) is 3. The third kappa shape index (κ3) is 3.37. The van der Waals surface area contributed by atoms with E-state index in [1.165, 1.54) is 0 Å². The Balaban J connectivity index is 2.28. The Kier molecular flexibility index (Phi) is 4.61. The van der Waals surface area contributed by atoms with Gasteiger partial charge in [0.2, 0.25) is 0 Å². The van der Waals surface area contributed by atoms with Gasteiger partial charge in [0.05, 0.1) is 7.11 Å². The molecule has 0 unspecified atom stereocenters. The van der Waals surface area contributed by atoms with E-state index in [1.54, 1.807) is 7.11 Å². The Hall–Kier alpha value is -1.32. The lowest BCUT2D eigenvalue weighted by Gasteiger charge is -2.07. The summed E-state index contributed by atoms with van der Waals surface area (Å²) >= 11 is 12.2. The Morgan fingerprint density at radius 2 is 1.84 bits per heavy atom. The smallest absolute Gasteiger partial charge is 0.137 e. The van der Waals surface area contributed by atoms with Gasteiger partial charge in [-0.25, -0.2) is 9.97 Å². The Bertz CT molecular complexity index is 564. The van der Waals surface area contributed by atoms with Crippen LogP contribution in [0.3, 0.4) is 0 Å². The first-order valence-electron chi connectivity index (χ1n) is 5.97. The summed E-state index contributed by atoms with van der Waals surface area (Å²) in [6, 6.07) is 7.75. The molecule has 0 N–H and O–H groups in total. The van der Waals surface area contributed by atoms with Crippen molar-refractivity contribution in [3.05, 3.63) is 51.5 Å². The van der Waals surface area contributed by atoms with Crippen LogP contribution in [0.25, 0.3) is 0 Å². The Morgan fingerprint density at radius 3 is 2.42 bits per heavy atom. The largest absolute Gasteiger partial charge is 0.497 e. The maximum absolute atomic E-state index is 6.10. The van der Waals surface area contributed by atoms with Crippen LogP contribution in [0.4, 0.5) is 0 Å². The van der Waals surface area contributed by atoms with Crippen molar-refractivity contribution in [1.29, 1.82) is 0 Å². The van der Waals surface area contributed by atoms with Crippen LogP contribution >= 0.6 is 23.2 Å². The van der Waals surface area contributed by atoms with Gasteiger partial charge in [-0.05, 0) is 24.1 Å². The molecule has 0 fully saturated rings. The lowest BCUT2D eigenvalue weighted by Crippen LogP contribution is -2.01. The summed E-state index contributed by atoms with van der Waals surface area (Å²) in [4.78, 5) is 8.57. The highest BCUT2D eigenvalue weighted by molar-refractivity contribution is 6.34. The van der Waals surface area contributed by atoms with Crippen LogP contribution < -0.4 is 4.74 Å². The molecular formula is C14H14Cl2N2O. The summed E-state index contributed by atoms with van der Waals surface area (Å²) in [5.41, 5.74) is 1.84. The first kappa shape index (κ1) is 14.1. The summed E-state index contributed by atoms with van der Waals surface area (Å²) in [5, 5.41) is 0.862. The third-order valence-corrected chi connectivity index (χ3v) is 3.43. The van der Waals surface area contributed by atoms with E-state index >= 15 is 0 Å². The summed E-state index contributed by atoms with van der Waals surface area (Å²) < 4.78 is 5.18. The minimum atomic E-state index is 0.431. The minimum absolute atomic E-state index is 0.431. The van der Waals surface area contributed by atoms with Crippen LogP contribution in [0, 0.1) is 0 Å². The van der Waals surface area contributed by atoms with Gasteiger partial charge >= 0.3 is 0 Å². The highest BCUT2D eigenvalue weighted by atomic mass is 35.5. The summed E-state index contributed by atoms with van der Waals surface area (Å²) in [7, 11) is 1.64. The highest BCUT2D eigenvalue weighted by Gasteiger charge is 2.10. The average Bonchev–Trinajstić information content (AvgIpc) is 2.38. The van der Waals surface area contributed by atoms with E-state index in [9.17, 15) is 0 Å². The predicted octanol–water partition coefficient (Wildman–Crippen LogP) is 3.95. The fraction of sp³-hybridized carbons (Fsp3) is 0.286. The number of methoxy groups -OCH3 is 1. The average molecular weight is 297 g/mol. The molecule has 0 aliphatic carbocycles. The fourth-order valence-electron chi connectivity index (χ4n) is 1.81. The van der Waals surface area contributed by atoms with E-state index in [0.29, 0.717) is 22.6 Å². The molecule has 0 saturated heterocycles. The van der Waals surface area contributed by atoms with E-state index in [4.69, 9.17) is 27.9 Å². The first-order chi connectivity index (χ1) is 9.13. The van der Waals surface area contributed by atoms with Crippen LogP contribution in [0.2, 0.25) is 10.3 Å². The van der Waals surface area contributed by atoms with Gasteiger partial charge in [-0.3, -0.25) is 0 Å². The number of halogens is 2. The first-order valence-corrected chi connectivity index (χ1v) is 6.73. The summed E-state index contributed by atoms with van der Waals surface area (Å²) in [5.74, 6) is 1.42. The Labute approximate surface area is 122 Å². The molecule has 0 amide bonds. The minimum Gasteiger partial charge on any atom is -0.497 e. The van der Waals surface area contributed by atoms with Crippen molar-refractivity contribution in [3.63, 3.8) is 0 Å². The second-order valence-corrected chi connectivity index (χ2v) is 4.80. The predicted molar refractivity (Wildman–Crippen MR) is 77.2 cm³/mol. The molecule has 0 spiro atoms. The van der Waals surface area contributed by atoms with Crippen molar-refractivity contribution in [3.8, 4) is 5.75 Å². The molecule has 100 valence electrons. The molecule has 19 heavy (non-hydrogen) atoms. The van der Waals surface area contributed by atoms with Gasteiger partial charge in [-0.1, -0.05) is 42.3 Å². The third-order valence-electron chi connectivity index (χ3n) is 2.80. The maximum Gasteiger partial charge on any atom is 0.137 e. The number of ether oxygens (including phenoxy) is 1. The second kappa shape index (κ2) is 6.22. The molecule has 3 nitrogen and oxygen atoms in total. The molecule has 0 bridgehead atoms. The highest BCUT2D eigenvalue weighted by Crippen LogP contribution is 2.23. The van der Waals surface area contributed by atoms with Crippen LogP contribution in [0.5, 0.6) is 5.75 Å². The number of benzene rings is 1. The van der Waals surface area contributed by atoms with E-state index in [-0.39, 0.29) is 0 Å². The van der Waals surface area contributed by atoms with Crippen molar-refractivity contribution in [2.75, 3.05) is 7.11 Å². The fourth-order valence-corrected chi connectivity index (χ4v) is 2.50. The van der Waals surface area contributed by atoms with Crippen molar-refractivity contribution in [2.45, 2.75) is 19.8 Å². The number of nitrogens with zero attached hydrogens (tertiary/aromatic N) is 2. The molecule has 0 aliphatic heterocycles. The van der Waals surface area contributed by atoms with Crippen molar-refractivity contribution in [1.82, 2.24) is 9.97 Å². The molecule has 2 aromatic rings. The maximum atomic E-state index is 6.10.